The summed E-state index contributed by atoms with van der Waals surface area (Å²) in [4.78, 5) is 39.9. The van der Waals surface area contributed by atoms with Crippen LogP contribution in [0.5, 0.6) is 0 Å². The van der Waals surface area contributed by atoms with Gasteiger partial charge in [0.1, 0.15) is 0 Å². The van der Waals surface area contributed by atoms with Crippen LogP contribution in [0.25, 0.3) is 0 Å². The predicted octanol–water partition coefficient (Wildman–Crippen LogP) is 3.72. The average molecular weight is 441 g/mol. The Labute approximate surface area is 191 Å². The van der Waals surface area contributed by atoms with Crippen molar-refractivity contribution >= 4 is 17.8 Å². The van der Waals surface area contributed by atoms with Gasteiger partial charge in [0.15, 0.2) is 6.10 Å². The molecule has 0 unspecified atom stereocenters. The molecule has 3 fully saturated rings. The van der Waals surface area contributed by atoms with E-state index >= 15 is 0 Å². The number of nitrogens with zero attached hydrogens (tertiary/aromatic N) is 1. The van der Waals surface area contributed by atoms with E-state index in [4.69, 9.17) is 4.74 Å². The van der Waals surface area contributed by atoms with Gasteiger partial charge in [-0.3, -0.25) is 14.4 Å². The van der Waals surface area contributed by atoms with Crippen molar-refractivity contribution in [3.63, 3.8) is 0 Å². The van der Waals surface area contributed by atoms with Crippen molar-refractivity contribution in [3.05, 3.63) is 35.4 Å². The number of carbonyl (C=O) groups is 3. The summed E-state index contributed by atoms with van der Waals surface area (Å²) in [6.45, 7) is 6.71. The second-order valence-corrected chi connectivity index (χ2v) is 10.1. The third kappa shape index (κ3) is 4.84. The van der Waals surface area contributed by atoms with Crippen molar-refractivity contribution in [1.82, 2.24) is 10.2 Å². The molecule has 174 valence electrons. The molecule has 1 heterocycles. The number of likely N-dealkylation sites (tertiary alicyclic amines) is 1. The van der Waals surface area contributed by atoms with E-state index in [1.165, 1.54) is 25.7 Å². The van der Waals surface area contributed by atoms with E-state index in [-0.39, 0.29) is 29.7 Å². The minimum atomic E-state index is -0.796. The van der Waals surface area contributed by atoms with Crippen LogP contribution in [-0.4, -0.2) is 47.9 Å². The number of fused-ring (bicyclic) bond motifs is 2. The molecule has 32 heavy (non-hydrogen) atoms. The first-order valence-electron chi connectivity index (χ1n) is 12.2. The first kappa shape index (κ1) is 22.8. The van der Waals surface area contributed by atoms with Crippen molar-refractivity contribution in [3.8, 4) is 0 Å². The number of ether oxygens (including phenoxy) is 1. The molecule has 3 aliphatic rings. The van der Waals surface area contributed by atoms with Gasteiger partial charge < -0.3 is 15.0 Å². The molecule has 0 aromatic heterocycles. The third-order valence-corrected chi connectivity index (χ3v) is 7.96. The van der Waals surface area contributed by atoms with Gasteiger partial charge in [-0.1, -0.05) is 24.6 Å². The molecule has 6 nitrogen and oxygen atoms in total. The number of amides is 2. The van der Waals surface area contributed by atoms with Crippen molar-refractivity contribution in [1.29, 1.82) is 0 Å². The zero-order chi connectivity index (χ0) is 22.8. The smallest absolute Gasteiger partial charge is 0.309 e. The summed E-state index contributed by atoms with van der Waals surface area (Å²) in [6.07, 6.45) is 5.46. The van der Waals surface area contributed by atoms with Crippen LogP contribution in [0.3, 0.4) is 0 Å². The quantitative estimate of drug-likeness (QED) is 0.684. The largest absolute Gasteiger partial charge is 0.452 e. The highest BCUT2D eigenvalue weighted by Crippen LogP contribution is 2.49. The lowest BCUT2D eigenvalue weighted by Gasteiger charge is -2.32. The Balaban J connectivity index is 1.22. The summed E-state index contributed by atoms with van der Waals surface area (Å²) in [5.41, 5.74) is 1.67. The molecule has 2 saturated carbocycles. The van der Waals surface area contributed by atoms with Crippen LogP contribution in [0.2, 0.25) is 0 Å². The Bertz CT molecular complexity index is 861. The first-order chi connectivity index (χ1) is 15.3. The number of benzene rings is 1. The molecule has 1 aromatic rings. The molecule has 6 heteroatoms. The number of hydrogen-bond acceptors (Lipinski definition) is 4. The molecule has 4 rings (SSSR count). The second-order valence-electron chi connectivity index (χ2n) is 10.1. The molecule has 2 aliphatic carbocycles. The van der Waals surface area contributed by atoms with Crippen LogP contribution >= 0.6 is 0 Å². The normalized spacial score (nSPS) is 27.1. The maximum atomic E-state index is 12.8. The summed E-state index contributed by atoms with van der Waals surface area (Å²) in [5.74, 6) is 1.33. The Hall–Kier alpha value is -2.37. The number of piperidine rings is 1. The number of carbonyl (C=O) groups excluding carboxylic acids is 3. The molecular weight excluding hydrogens is 404 g/mol. The molecule has 1 saturated heterocycles. The minimum Gasteiger partial charge on any atom is -0.452 e. The van der Waals surface area contributed by atoms with Crippen LogP contribution < -0.4 is 5.32 Å². The third-order valence-electron chi connectivity index (χ3n) is 7.96. The highest BCUT2D eigenvalue weighted by Gasteiger charge is 2.42. The number of rotatable bonds is 6. The average Bonchev–Trinajstić information content (AvgIpc) is 3.43. The maximum absolute atomic E-state index is 12.8. The molecule has 5 atom stereocenters. The summed E-state index contributed by atoms with van der Waals surface area (Å²) in [6, 6.07) is 7.69. The highest BCUT2D eigenvalue weighted by molar-refractivity contribution is 5.95. The zero-order valence-corrected chi connectivity index (χ0v) is 19.5. The second kappa shape index (κ2) is 9.63. The summed E-state index contributed by atoms with van der Waals surface area (Å²) in [7, 11) is 0. The van der Waals surface area contributed by atoms with E-state index in [1.807, 2.05) is 31.2 Å². The van der Waals surface area contributed by atoms with Gasteiger partial charge in [0.05, 0.1) is 5.92 Å². The van der Waals surface area contributed by atoms with Gasteiger partial charge in [0.25, 0.3) is 11.8 Å². The molecule has 2 bridgehead atoms. The van der Waals surface area contributed by atoms with E-state index < -0.39 is 6.10 Å². The molecule has 1 N–H and O–H groups in total. The van der Waals surface area contributed by atoms with E-state index in [0.717, 1.165) is 17.4 Å². The summed E-state index contributed by atoms with van der Waals surface area (Å²) in [5, 5.41) is 3.09. The van der Waals surface area contributed by atoms with Gasteiger partial charge in [-0.25, -0.2) is 0 Å². The maximum Gasteiger partial charge on any atom is 0.309 e. The SMILES string of the molecule is Cc1ccccc1C(=O)N1CCC(C(=O)O[C@H](C)C(=O)N[C@@H](C)[C@@H]2C[C@H]3CC[C@H]2C3)CC1. The molecule has 1 aromatic carbocycles. The first-order valence-corrected chi connectivity index (χ1v) is 12.2. The van der Waals surface area contributed by atoms with Crippen molar-refractivity contribution in [2.75, 3.05) is 13.1 Å². The molecule has 1 aliphatic heterocycles. The molecular formula is C26H36N2O4. The van der Waals surface area contributed by atoms with Gasteiger partial charge >= 0.3 is 5.97 Å². The molecule has 0 spiro atoms. The number of aryl methyl sites for hydroxylation is 1. The van der Waals surface area contributed by atoms with E-state index in [2.05, 4.69) is 12.2 Å². The topological polar surface area (TPSA) is 75.7 Å². The zero-order valence-electron chi connectivity index (χ0n) is 19.5. The van der Waals surface area contributed by atoms with E-state index in [9.17, 15) is 14.4 Å². The van der Waals surface area contributed by atoms with E-state index in [0.29, 0.717) is 37.4 Å². The van der Waals surface area contributed by atoms with Gasteiger partial charge in [-0.2, -0.15) is 0 Å². The highest BCUT2D eigenvalue weighted by atomic mass is 16.5. The van der Waals surface area contributed by atoms with E-state index in [1.54, 1.807) is 11.8 Å². The Morgan fingerprint density at radius 3 is 2.38 bits per heavy atom. The van der Waals surface area contributed by atoms with Crippen LogP contribution in [0, 0.1) is 30.6 Å². The van der Waals surface area contributed by atoms with Crippen LogP contribution in [0.1, 0.15) is 68.3 Å². The van der Waals surface area contributed by atoms with Gasteiger partial charge in [0.2, 0.25) is 0 Å². The standard InChI is InChI=1S/C26H36N2O4/c1-16-6-4-5-7-22(16)25(30)28-12-10-20(11-13-28)26(31)32-18(3)24(29)27-17(2)23-15-19-8-9-21(23)14-19/h4-7,17-21,23H,8-15H2,1-3H3,(H,27,29)/t17-,18+,19-,21-,23-/m0/s1. The van der Waals surface area contributed by atoms with Gasteiger partial charge in [0, 0.05) is 24.7 Å². The summed E-state index contributed by atoms with van der Waals surface area (Å²) >= 11 is 0. The number of esters is 1. The lowest BCUT2D eigenvalue weighted by atomic mass is 9.84. The molecule has 0 radical (unpaired) electrons. The Morgan fingerprint density at radius 2 is 1.75 bits per heavy atom. The Kier molecular flexibility index (Phi) is 6.87. The van der Waals surface area contributed by atoms with Gasteiger partial charge in [-0.05, 0) is 82.3 Å². The minimum absolute atomic E-state index is 0.0114. The fourth-order valence-electron chi connectivity index (χ4n) is 5.98. The monoisotopic (exact) mass is 440 g/mol. The van der Waals surface area contributed by atoms with Gasteiger partial charge in [-0.15, -0.1) is 0 Å². The predicted molar refractivity (Wildman–Crippen MR) is 122 cm³/mol. The Morgan fingerprint density at radius 1 is 1.03 bits per heavy atom. The van der Waals surface area contributed by atoms with Crippen LogP contribution in [0.15, 0.2) is 24.3 Å². The van der Waals surface area contributed by atoms with Crippen LogP contribution in [-0.2, 0) is 14.3 Å². The number of hydrogen-bond donors (Lipinski definition) is 1. The van der Waals surface area contributed by atoms with Crippen molar-refractivity contribution < 1.29 is 19.1 Å². The lowest BCUT2D eigenvalue weighted by Crippen LogP contribution is -2.46. The van der Waals surface area contributed by atoms with Crippen molar-refractivity contribution in [2.45, 2.75) is 71.4 Å². The molecule has 2 amide bonds. The number of nitrogens with one attached hydrogen (secondary N) is 1. The lowest BCUT2D eigenvalue weighted by molar-refractivity contribution is -0.160. The van der Waals surface area contributed by atoms with Crippen LogP contribution in [0.4, 0.5) is 0 Å². The summed E-state index contributed by atoms with van der Waals surface area (Å²) < 4.78 is 5.52. The fraction of sp³-hybridized carbons (Fsp3) is 0.654. The van der Waals surface area contributed by atoms with Crippen molar-refractivity contribution in [2.24, 2.45) is 23.7 Å². The fourth-order valence-corrected chi connectivity index (χ4v) is 5.98.